The van der Waals surface area contributed by atoms with Crippen molar-refractivity contribution < 1.29 is 0 Å². The fourth-order valence-electron chi connectivity index (χ4n) is 4.08. The van der Waals surface area contributed by atoms with Crippen molar-refractivity contribution in [2.75, 3.05) is 6.54 Å². The van der Waals surface area contributed by atoms with Gasteiger partial charge >= 0.3 is 0 Å². The first-order chi connectivity index (χ1) is 9.65. The summed E-state index contributed by atoms with van der Waals surface area (Å²) in [6.45, 7) is 1.15. The second-order valence-electron chi connectivity index (χ2n) is 7.20. The topological polar surface area (TPSA) is 12.0 Å². The molecule has 0 bridgehead atoms. The Morgan fingerprint density at radius 2 is 1.75 bits per heavy atom. The van der Waals surface area contributed by atoms with Gasteiger partial charge in [-0.25, -0.2) is 0 Å². The quantitative estimate of drug-likeness (QED) is 0.831. The van der Waals surface area contributed by atoms with E-state index in [0.717, 1.165) is 46.5 Å². The summed E-state index contributed by atoms with van der Waals surface area (Å²) in [7, 11) is 0. The van der Waals surface area contributed by atoms with Gasteiger partial charge < -0.3 is 5.32 Å². The lowest BCUT2D eigenvalue weighted by molar-refractivity contribution is 0.247. The summed E-state index contributed by atoms with van der Waals surface area (Å²) in [6, 6.07) is 6.67. The number of benzene rings is 1. The molecule has 2 atom stereocenters. The van der Waals surface area contributed by atoms with E-state index in [-0.39, 0.29) is 0 Å². The minimum absolute atomic E-state index is 0.394. The lowest BCUT2D eigenvalue weighted by Gasteiger charge is -2.32. The van der Waals surface area contributed by atoms with Gasteiger partial charge in [0, 0.05) is 22.6 Å². The van der Waals surface area contributed by atoms with Gasteiger partial charge in [0.1, 0.15) is 0 Å². The molecular weight excluding hydrogens is 289 g/mol. The molecule has 0 aliphatic heterocycles. The van der Waals surface area contributed by atoms with Crippen molar-refractivity contribution >= 4 is 23.2 Å². The third-order valence-corrected chi connectivity index (χ3v) is 6.12. The maximum Gasteiger partial charge on any atom is 0.0453 e. The molecule has 0 amide bonds. The van der Waals surface area contributed by atoms with Gasteiger partial charge in [-0.1, -0.05) is 29.3 Å². The molecule has 1 aromatic rings. The molecule has 2 unspecified atom stereocenters. The van der Waals surface area contributed by atoms with Crippen LogP contribution < -0.4 is 5.32 Å². The zero-order valence-corrected chi connectivity index (χ0v) is 13.2. The highest BCUT2D eigenvalue weighted by molar-refractivity contribution is 6.36. The van der Waals surface area contributed by atoms with Crippen LogP contribution in [0.1, 0.15) is 37.7 Å². The number of fused-ring (bicyclic) bond motifs is 1. The molecule has 0 saturated heterocycles. The van der Waals surface area contributed by atoms with E-state index < -0.39 is 0 Å². The number of hydrogen-bond donors (Lipinski definition) is 1. The van der Waals surface area contributed by atoms with Crippen molar-refractivity contribution in [1.82, 2.24) is 5.32 Å². The Labute approximate surface area is 131 Å². The number of rotatable bonds is 5. The van der Waals surface area contributed by atoms with Crippen molar-refractivity contribution in [3.05, 3.63) is 33.8 Å². The Morgan fingerprint density at radius 3 is 2.35 bits per heavy atom. The van der Waals surface area contributed by atoms with E-state index in [1.807, 2.05) is 18.2 Å². The molecular formula is C17H21Cl2N. The van der Waals surface area contributed by atoms with E-state index in [1.54, 1.807) is 0 Å². The lowest BCUT2D eigenvalue weighted by atomic mass is 9.77. The van der Waals surface area contributed by atoms with Crippen LogP contribution in [-0.4, -0.2) is 12.6 Å². The Bertz CT molecular complexity index is 493. The van der Waals surface area contributed by atoms with Crippen LogP contribution in [0, 0.1) is 17.3 Å². The van der Waals surface area contributed by atoms with Crippen LogP contribution in [0.2, 0.25) is 10.0 Å². The summed E-state index contributed by atoms with van der Waals surface area (Å²) in [6.07, 6.45) is 7.93. The molecule has 1 nitrogen and oxygen atoms in total. The maximum atomic E-state index is 6.39. The van der Waals surface area contributed by atoms with Crippen LogP contribution in [0.5, 0.6) is 0 Å². The second-order valence-corrected chi connectivity index (χ2v) is 8.01. The van der Waals surface area contributed by atoms with E-state index in [2.05, 4.69) is 5.32 Å². The van der Waals surface area contributed by atoms with Crippen molar-refractivity contribution in [2.24, 2.45) is 17.3 Å². The fraction of sp³-hybridized carbons (Fsp3) is 0.647. The molecule has 3 heteroatoms. The third-order valence-electron chi connectivity index (χ3n) is 5.42. The van der Waals surface area contributed by atoms with Crippen molar-refractivity contribution in [3.63, 3.8) is 0 Å². The van der Waals surface area contributed by atoms with Crippen molar-refractivity contribution in [2.45, 2.75) is 44.6 Å². The molecule has 3 aliphatic rings. The van der Waals surface area contributed by atoms with Gasteiger partial charge in [-0.15, -0.1) is 0 Å². The summed E-state index contributed by atoms with van der Waals surface area (Å²) in [5, 5.41) is 5.43. The first-order valence-electron chi connectivity index (χ1n) is 7.81. The minimum Gasteiger partial charge on any atom is -0.313 e. The maximum absolute atomic E-state index is 6.39. The molecule has 0 heterocycles. The van der Waals surface area contributed by atoms with Crippen LogP contribution >= 0.6 is 23.2 Å². The van der Waals surface area contributed by atoms with Crippen LogP contribution in [0.4, 0.5) is 0 Å². The normalized spacial score (nSPS) is 35.1. The van der Waals surface area contributed by atoms with Crippen molar-refractivity contribution in [1.29, 1.82) is 0 Å². The van der Waals surface area contributed by atoms with E-state index in [9.17, 15) is 0 Å². The zero-order valence-electron chi connectivity index (χ0n) is 11.7. The average molecular weight is 310 g/mol. The van der Waals surface area contributed by atoms with Gasteiger partial charge in [-0.3, -0.25) is 0 Å². The average Bonchev–Trinajstić information content (AvgIpc) is 3.33. The number of nitrogens with one attached hydrogen (secondary N) is 1. The van der Waals surface area contributed by atoms with Gasteiger partial charge in [-0.2, -0.15) is 0 Å². The molecule has 0 radical (unpaired) electrons. The standard InChI is InChI=1S/C17H21Cl2N/c18-15-2-1-3-16(19)14(15)9-17(10-20-13-4-5-13)7-11-6-12(11)8-17/h1-3,11-13,20H,4-10H2. The molecule has 3 saturated carbocycles. The Morgan fingerprint density at radius 1 is 1.10 bits per heavy atom. The van der Waals surface area contributed by atoms with Gasteiger partial charge in [-0.05, 0) is 73.5 Å². The Kier molecular flexibility index (Phi) is 3.29. The first kappa shape index (κ1) is 13.4. The van der Waals surface area contributed by atoms with Gasteiger partial charge in [0.05, 0.1) is 0 Å². The SMILES string of the molecule is Clc1cccc(Cl)c1CC1(CNC2CC2)CC2CC2C1. The van der Waals surface area contributed by atoms with Crippen LogP contribution in [0.25, 0.3) is 0 Å². The monoisotopic (exact) mass is 309 g/mol. The predicted molar refractivity (Wildman–Crippen MR) is 84.5 cm³/mol. The van der Waals surface area contributed by atoms with Gasteiger partial charge in [0.15, 0.2) is 0 Å². The van der Waals surface area contributed by atoms with E-state index >= 15 is 0 Å². The van der Waals surface area contributed by atoms with Crippen LogP contribution in [-0.2, 0) is 6.42 Å². The Hall–Kier alpha value is -0.240. The number of hydrogen-bond acceptors (Lipinski definition) is 1. The third kappa shape index (κ3) is 2.61. The van der Waals surface area contributed by atoms with Gasteiger partial charge in [0.25, 0.3) is 0 Å². The highest BCUT2D eigenvalue weighted by Crippen LogP contribution is 2.61. The molecule has 0 spiro atoms. The summed E-state index contributed by atoms with van der Waals surface area (Å²) >= 11 is 12.8. The summed E-state index contributed by atoms with van der Waals surface area (Å²) < 4.78 is 0. The molecule has 3 fully saturated rings. The van der Waals surface area contributed by atoms with Crippen LogP contribution in [0.3, 0.4) is 0 Å². The summed E-state index contributed by atoms with van der Waals surface area (Å²) in [5.41, 5.74) is 1.56. The molecule has 0 aromatic heterocycles. The Balaban J connectivity index is 1.55. The predicted octanol–water partition coefficient (Wildman–Crippen LogP) is 4.70. The van der Waals surface area contributed by atoms with Crippen LogP contribution in [0.15, 0.2) is 18.2 Å². The van der Waals surface area contributed by atoms with Gasteiger partial charge in [0.2, 0.25) is 0 Å². The fourth-order valence-corrected chi connectivity index (χ4v) is 4.61. The molecule has 108 valence electrons. The van der Waals surface area contributed by atoms with Crippen molar-refractivity contribution in [3.8, 4) is 0 Å². The largest absolute Gasteiger partial charge is 0.313 e. The molecule has 3 aliphatic carbocycles. The van der Waals surface area contributed by atoms with E-state index in [0.29, 0.717) is 5.41 Å². The second kappa shape index (κ2) is 4.90. The summed E-state index contributed by atoms with van der Waals surface area (Å²) in [5.74, 6) is 1.97. The molecule has 4 rings (SSSR count). The number of halogens is 2. The molecule has 20 heavy (non-hydrogen) atoms. The highest BCUT2D eigenvalue weighted by atomic mass is 35.5. The minimum atomic E-state index is 0.394. The highest BCUT2D eigenvalue weighted by Gasteiger charge is 2.53. The molecule has 1 aromatic carbocycles. The van der Waals surface area contributed by atoms with E-state index in [1.165, 1.54) is 32.1 Å². The molecule has 1 N–H and O–H groups in total. The zero-order chi connectivity index (χ0) is 13.7. The summed E-state index contributed by atoms with van der Waals surface area (Å²) in [4.78, 5) is 0. The first-order valence-corrected chi connectivity index (χ1v) is 8.57. The lowest BCUT2D eigenvalue weighted by Crippen LogP contribution is -2.36. The smallest absolute Gasteiger partial charge is 0.0453 e. The van der Waals surface area contributed by atoms with E-state index in [4.69, 9.17) is 23.2 Å².